The summed E-state index contributed by atoms with van der Waals surface area (Å²) >= 11 is 0. The molecule has 0 saturated carbocycles. The SMILES string of the molecule is CC(C)(CO)C(OO)OOC(OO)C(C)(C)CO. The highest BCUT2D eigenvalue weighted by Gasteiger charge is 2.37. The van der Waals surface area contributed by atoms with Gasteiger partial charge in [0.2, 0.25) is 12.6 Å². The van der Waals surface area contributed by atoms with Crippen molar-refractivity contribution >= 4 is 0 Å². The minimum atomic E-state index is -1.30. The summed E-state index contributed by atoms with van der Waals surface area (Å²) in [6, 6.07) is 0. The quantitative estimate of drug-likeness (QED) is 0.273. The summed E-state index contributed by atoms with van der Waals surface area (Å²) in [5.74, 6) is 0. The summed E-state index contributed by atoms with van der Waals surface area (Å²) in [6.07, 6.45) is -2.59. The fourth-order valence-electron chi connectivity index (χ4n) is 0.831. The molecule has 4 N–H and O–H groups in total. The van der Waals surface area contributed by atoms with E-state index in [1.54, 1.807) is 27.7 Å². The third-order valence-corrected chi connectivity index (χ3v) is 2.51. The van der Waals surface area contributed by atoms with Crippen molar-refractivity contribution in [3.8, 4) is 0 Å². The number of hydrogen-bond acceptors (Lipinski definition) is 8. The van der Waals surface area contributed by atoms with Crippen LogP contribution >= 0.6 is 0 Å². The Morgan fingerprint density at radius 2 is 1.06 bits per heavy atom. The van der Waals surface area contributed by atoms with Crippen LogP contribution in [0, 0.1) is 10.8 Å². The molecule has 18 heavy (non-hydrogen) atoms. The molecule has 0 heterocycles. The second kappa shape index (κ2) is 7.31. The molecule has 0 amide bonds. The Labute approximate surface area is 105 Å². The second-order valence-electron chi connectivity index (χ2n) is 5.36. The van der Waals surface area contributed by atoms with E-state index in [0.29, 0.717) is 0 Å². The van der Waals surface area contributed by atoms with Gasteiger partial charge in [-0.1, -0.05) is 27.7 Å². The van der Waals surface area contributed by atoms with Gasteiger partial charge in [0.25, 0.3) is 0 Å². The maximum atomic E-state index is 9.08. The molecule has 0 saturated heterocycles. The molecule has 8 heteroatoms. The van der Waals surface area contributed by atoms with Crippen LogP contribution in [-0.4, -0.2) is 46.5 Å². The van der Waals surface area contributed by atoms with Crippen LogP contribution in [0.3, 0.4) is 0 Å². The average Bonchev–Trinajstić information content (AvgIpc) is 2.34. The van der Waals surface area contributed by atoms with E-state index in [2.05, 4.69) is 9.78 Å². The Kier molecular flexibility index (Phi) is 7.18. The molecule has 110 valence electrons. The normalized spacial score (nSPS) is 16.7. The molecule has 0 radical (unpaired) electrons. The highest BCUT2D eigenvalue weighted by Crippen LogP contribution is 2.27. The number of hydrogen-bond donors (Lipinski definition) is 4. The molecule has 0 aromatic rings. The summed E-state index contributed by atoms with van der Waals surface area (Å²) in [7, 11) is 0. The predicted octanol–water partition coefficient (Wildman–Crippen LogP) is 0.603. The van der Waals surface area contributed by atoms with Crippen molar-refractivity contribution in [1.29, 1.82) is 0 Å². The minimum absolute atomic E-state index is 0.338. The molecule has 0 aromatic heterocycles. The lowest BCUT2D eigenvalue weighted by atomic mass is 9.94. The van der Waals surface area contributed by atoms with E-state index in [1.165, 1.54) is 0 Å². The largest absolute Gasteiger partial charge is 0.396 e. The first-order valence-corrected chi connectivity index (χ1v) is 5.39. The molecule has 0 aliphatic rings. The zero-order valence-corrected chi connectivity index (χ0v) is 11.0. The van der Waals surface area contributed by atoms with Crippen molar-refractivity contribution in [2.45, 2.75) is 40.3 Å². The highest BCUT2D eigenvalue weighted by atomic mass is 17.3. The third kappa shape index (κ3) is 4.75. The van der Waals surface area contributed by atoms with Gasteiger partial charge >= 0.3 is 0 Å². The van der Waals surface area contributed by atoms with E-state index in [-0.39, 0.29) is 13.2 Å². The first-order chi connectivity index (χ1) is 8.25. The molecule has 0 fully saturated rings. The maximum Gasteiger partial charge on any atom is 0.231 e. The van der Waals surface area contributed by atoms with E-state index in [4.69, 9.17) is 30.5 Å². The Balaban J connectivity index is 4.52. The van der Waals surface area contributed by atoms with E-state index in [0.717, 1.165) is 0 Å². The third-order valence-electron chi connectivity index (χ3n) is 2.51. The number of aliphatic hydroxyl groups excluding tert-OH is 2. The van der Waals surface area contributed by atoms with Gasteiger partial charge in [0.15, 0.2) is 0 Å². The van der Waals surface area contributed by atoms with Gasteiger partial charge in [0.1, 0.15) is 0 Å². The van der Waals surface area contributed by atoms with E-state index >= 15 is 0 Å². The van der Waals surface area contributed by atoms with Crippen molar-refractivity contribution in [2.75, 3.05) is 13.2 Å². The molecule has 0 rings (SSSR count). The van der Waals surface area contributed by atoms with Gasteiger partial charge in [0, 0.05) is 10.8 Å². The van der Waals surface area contributed by atoms with Gasteiger partial charge in [-0.05, 0) is 0 Å². The maximum absolute atomic E-state index is 9.08. The standard InChI is InChI=1S/C10H22O8/c1-9(2,5-11)7(15-13)17-18-8(16-14)10(3,4)6-12/h7-8,11-14H,5-6H2,1-4H3. The fraction of sp³-hybridized carbons (Fsp3) is 1.00. The fourth-order valence-corrected chi connectivity index (χ4v) is 0.831. The molecular formula is C10H22O8. The van der Waals surface area contributed by atoms with Crippen molar-refractivity contribution in [3.63, 3.8) is 0 Å². The first kappa shape index (κ1) is 17.7. The Hall–Kier alpha value is -0.320. The summed E-state index contributed by atoms with van der Waals surface area (Å²) in [4.78, 5) is 17.6. The molecular weight excluding hydrogens is 248 g/mol. The Bertz CT molecular complexity index is 206. The molecule has 2 atom stereocenters. The summed E-state index contributed by atoms with van der Waals surface area (Å²) in [5, 5.41) is 35.5. The van der Waals surface area contributed by atoms with Gasteiger partial charge < -0.3 is 10.2 Å². The van der Waals surface area contributed by atoms with Crippen molar-refractivity contribution in [3.05, 3.63) is 0 Å². The zero-order valence-electron chi connectivity index (χ0n) is 11.0. The lowest BCUT2D eigenvalue weighted by molar-refractivity contribution is -0.534. The van der Waals surface area contributed by atoms with Crippen LogP contribution in [0.15, 0.2) is 0 Å². The van der Waals surface area contributed by atoms with Crippen LogP contribution in [0.2, 0.25) is 0 Å². The smallest absolute Gasteiger partial charge is 0.231 e. The lowest BCUT2D eigenvalue weighted by Crippen LogP contribution is -2.42. The van der Waals surface area contributed by atoms with Crippen LogP contribution in [0.5, 0.6) is 0 Å². The second-order valence-corrected chi connectivity index (χ2v) is 5.36. The summed E-state index contributed by atoms with van der Waals surface area (Å²) in [5.41, 5.74) is -1.89. The monoisotopic (exact) mass is 270 g/mol. The lowest BCUT2D eigenvalue weighted by Gasteiger charge is -2.32. The van der Waals surface area contributed by atoms with Gasteiger partial charge in [-0.2, -0.15) is 9.78 Å². The van der Waals surface area contributed by atoms with Crippen LogP contribution in [0.25, 0.3) is 0 Å². The summed E-state index contributed by atoms with van der Waals surface area (Å²) in [6.45, 7) is 5.56. The number of rotatable bonds is 9. The topological polar surface area (TPSA) is 118 Å². The molecule has 0 spiro atoms. The minimum Gasteiger partial charge on any atom is -0.396 e. The Morgan fingerprint density at radius 3 is 1.22 bits per heavy atom. The Morgan fingerprint density at radius 1 is 0.778 bits per heavy atom. The van der Waals surface area contributed by atoms with Gasteiger partial charge in [-0.25, -0.2) is 20.3 Å². The van der Waals surface area contributed by atoms with Crippen LogP contribution in [0.1, 0.15) is 27.7 Å². The van der Waals surface area contributed by atoms with Crippen LogP contribution < -0.4 is 0 Å². The van der Waals surface area contributed by atoms with Crippen molar-refractivity contribution in [1.82, 2.24) is 0 Å². The van der Waals surface area contributed by atoms with Gasteiger partial charge in [0.05, 0.1) is 13.2 Å². The molecule has 8 nitrogen and oxygen atoms in total. The first-order valence-electron chi connectivity index (χ1n) is 5.39. The van der Waals surface area contributed by atoms with Gasteiger partial charge in [-0.3, -0.25) is 0 Å². The van der Waals surface area contributed by atoms with E-state index in [9.17, 15) is 0 Å². The predicted molar refractivity (Wildman–Crippen MR) is 58.9 cm³/mol. The summed E-state index contributed by atoms with van der Waals surface area (Å²) < 4.78 is 0. The van der Waals surface area contributed by atoms with Crippen LogP contribution in [0.4, 0.5) is 0 Å². The van der Waals surface area contributed by atoms with E-state index in [1.807, 2.05) is 0 Å². The molecule has 0 aromatic carbocycles. The van der Waals surface area contributed by atoms with E-state index < -0.39 is 23.4 Å². The van der Waals surface area contributed by atoms with Crippen LogP contribution in [-0.2, 0) is 19.6 Å². The average molecular weight is 270 g/mol. The number of aliphatic hydroxyl groups is 2. The van der Waals surface area contributed by atoms with Gasteiger partial charge in [-0.15, -0.1) is 0 Å². The molecule has 0 aliphatic heterocycles. The highest BCUT2D eigenvalue weighted by molar-refractivity contribution is 4.71. The molecule has 2 unspecified atom stereocenters. The molecule has 0 aliphatic carbocycles. The van der Waals surface area contributed by atoms with Crippen molar-refractivity contribution < 1.29 is 40.3 Å². The molecule has 0 bridgehead atoms. The van der Waals surface area contributed by atoms with Crippen molar-refractivity contribution in [2.24, 2.45) is 10.8 Å². The zero-order chi connectivity index (χ0) is 14.4.